The standard InChI is InChI=1S/C50H105NO2Si/c1-6-8-10-12-14-16-18-20-22-24-26-28-30-32-34-36-38-40-42-44-47-51(3,49-46-50-54(52-4)53-5)48-45-43-41-39-37-35-33-31-29-27-25-23-21-19-17-15-13-11-9-7-2/h6-50H2,1-5H3/q+1. The second kappa shape index (κ2) is 45.8. The van der Waals surface area contributed by atoms with E-state index in [1.54, 1.807) is 0 Å². The Kier molecular flexibility index (Phi) is 45.9. The van der Waals surface area contributed by atoms with Gasteiger partial charge in [-0.25, -0.2) is 0 Å². The largest absolute Gasteiger partial charge is 0.397 e. The lowest BCUT2D eigenvalue weighted by Crippen LogP contribution is -2.46. The fourth-order valence-corrected chi connectivity index (χ4v) is 9.75. The molecule has 0 aliphatic rings. The number of hydrogen-bond donors (Lipinski definition) is 0. The van der Waals surface area contributed by atoms with Crippen LogP contribution in [0.15, 0.2) is 0 Å². The summed E-state index contributed by atoms with van der Waals surface area (Å²) in [5.41, 5.74) is 0. The van der Waals surface area contributed by atoms with Crippen LogP contribution in [0.2, 0.25) is 6.04 Å². The molecule has 0 aromatic rings. The molecule has 0 spiro atoms. The van der Waals surface area contributed by atoms with E-state index in [1.807, 2.05) is 14.2 Å². The second-order valence-corrected chi connectivity index (χ2v) is 20.2. The van der Waals surface area contributed by atoms with Crippen molar-refractivity contribution in [2.75, 3.05) is 40.9 Å². The average Bonchev–Trinajstić information content (AvgIpc) is 3.18. The summed E-state index contributed by atoms with van der Waals surface area (Å²) in [5.74, 6) is 0. The van der Waals surface area contributed by atoms with E-state index < -0.39 is 9.28 Å². The first-order valence-electron chi connectivity index (χ1n) is 25.4. The summed E-state index contributed by atoms with van der Waals surface area (Å²) in [4.78, 5) is 0. The minimum absolute atomic E-state index is 1.06. The van der Waals surface area contributed by atoms with Crippen LogP contribution in [0.4, 0.5) is 0 Å². The molecule has 0 atom stereocenters. The lowest BCUT2D eigenvalue weighted by molar-refractivity contribution is -0.910. The smallest absolute Gasteiger partial charge is 0.384 e. The molecule has 325 valence electrons. The van der Waals surface area contributed by atoms with E-state index >= 15 is 0 Å². The molecule has 0 heterocycles. The van der Waals surface area contributed by atoms with Gasteiger partial charge in [-0.2, -0.15) is 0 Å². The molecule has 0 aliphatic carbocycles. The first kappa shape index (κ1) is 54.1. The van der Waals surface area contributed by atoms with Gasteiger partial charge >= 0.3 is 9.28 Å². The third-order valence-corrected chi connectivity index (χ3v) is 14.3. The summed E-state index contributed by atoms with van der Waals surface area (Å²) in [5, 5.41) is 0. The number of hydrogen-bond acceptors (Lipinski definition) is 2. The molecule has 3 nitrogen and oxygen atoms in total. The molecule has 0 unspecified atom stereocenters. The zero-order valence-electron chi connectivity index (χ0n) is 38.6. The summed E-state index contributed by atoms with van der Waals surface area (Å²) >= 11 is 0. The van der Waals surface area contributed by atoms with Gasteiger partial charge in [0.05, 0.1) is 26.7 Å². The van der Waals surface area contributed by atoms with Crippen molar-refractivity contribution in [2.45, 2.75) is 283 Å². The first-order valence-corrected chi connectivity index (χ1v) is 26.9. The highest BCUT2D eigenvalue weighted by Gasteiger charge is 2.22. The van der Waals surface area contributed by atoms with Crippen molar-refractivity contribution in [1.82, 2.24) is 0 Å². The van der Waals surface area contributed by atoms with Crippen LogP contribution in [-0.2, 0) is 8.85 Å². The van der Waals surface area contributed by atoms with E-state index in [-0.39, 0.29) is 0 Å². The van der Waals surface area contributed by atoms with Gasteiger partial charge < -0.3 is 13.3 Å². The van der Waals surface area contributed by atoms with E-state index in [9.17, 15) is 0 Å². The molecule has 0 N–H and O–H groups in total. The SMILES string of the molecule is CCCCCCCCCCCCCCCCCCCCCC[N+](C)(CCCCCCCCCCCCCCCCCCCCCC)CCC[Si](OC)OC. The van der Waals surface area contributed by atoms with Crippen LogP contribution in [0.3, 0.4) is 0 Å². The Morgan fingerprint density at radius 1 is 0.278 bits per heavy atom. The van der Waals surface area contributed by atoms with Gasteiger partial charge in [0.25, 0.3) is 0 Å². The van der Waals surface area contributed by atoms with Crippen molar-refractivity contribution >= 4 is 9.28 Å². The van der Waals surface area contributed by atoms with Crippen LogP contribution in [0.25, 0.3) is 0 Å². The molecule has 0 aliphatic heterocycles. The average molecular weight is 780 g/mol. The van der Waals surface area contributed by atoms with Crippen LogP contribution >= 0.6 is 0 Å². The van der Waals surface area contributed by atoms with E-state index in [4.69, 9.17) is 8.85 Å². The molecule has 54 heavy (non-hydrogen) atoms. The predicted octanol–water partition coefficient (Wildman–Crippen LogP) is 17.2. The molecule has 0 rings (SSSR count). The highest BCUT2D eigenvalue weighted by molar-refractivity contribution is 6.44. The van der Waals surface area contributed by atoms with E-state index in [2.05, 4.69) is 20.9 Å². The molecule has 0 aromatic heterocycles. The first-order chi connectivity index (χ1) is 26.6. The topological polar surface area (TPSA) is 18.5 Å². The Hall–Kier alpha value is 0.0969. The van der Waals surface area contributed by atoms with Crippen molar-refractivity contribution in [3.05, 3.63) is 0 Å². The quantitative estimate of drug-likeness (QED) is 0.0348. The summed E-state index contributed by atoms with van der Waals surface area (Å²) < 4.78 is 12.5. The van der Waals surface area contributed by atoms with E-state index in [0.717, 1.165) is 6.04 Å². The number of unbranched alkanes of at least 4 members (excludes halogenated alkanes) is 38. The fraction of sp³-hybridized carbons (Fsp3) is 1.00. The van der Waals surface area contributed by atoms with Crippen LogP contribution in [-0.4, -0.2) is 54.7 Å². The van der Waals surface area contributed by atoms with Gasteiger partial charge in [-0.1, -0.05) is 245 Å². The van der Waals surface area contributed by atoms with Gasteiger partial charge in [-0.3, -0.25) is 0 Å². The van der Waals surface area contributed by atoms with Crippen LogP contribution in [0.5, 0.6) is 0 Å². The third-order valence-electron chi connectivity index (χ3n) is 12.6. The Morgan fingerprint density at radius 3 is 0.667 bits per heavy atom. The number of nitrogens with zero attached hydrogens (tertiary/aromatic N) is 1. The van der Waals surface area contributed by atoms with Gasteiger partial charge in [0.2, 0.25) is 0 Å². The highest BCUT2D eigenvalue weighted by atomic mass is 28.3. The zero-order chi connectivity index (χ0) is 39.3. The summed E-state index contributed by atoms with van der Waals surface area (Å²) in [6, 6.07) is 1.12. The normalized spacial score (nSPS) is 12.1. The van der Waals surface area contributed by atoms with Crippen molar-refractivity contribution in [3.63, 3.8) is 0 Å². The van der Waals surface area contributed by atoms with Gasteiger partial charge in [-0.05, 0) is 38.1 Å². The van der Waals surface area contributed by atoms with Gasteiger partial charge in [0.15, 0.2) is 0 Å². The molecule has 1 radical (unpaired) electrons. The third kappa shape index (κ3) is 41.7. The Bertz CT molecular complexity index is 627. The Balaban J connectivity index is 3.82. The molecule has 0 fully saturated rings. The van der Waals surface area contributed by atoms with E-state index in [0.29, 0.717) is 0 Å². The number of rotatable bonds is 48. The molecule has 0 bridgehead atoms. The molecule has 0 saturated carbocycles. The maximum absolute atomic E-state index is 5.60. The lowest BCUT2D eigenvalue weighted by Gasteiger charge is -2.35. The summed E-state index contributed by atoms with van der Waals surface area (Å²) in [6.07, 6.45) is 59.6. The molecular formula is C50H105NO2Si+. The van der Waals surface area contributed by atoms with Crippen LogP contribution in [0, 0.1) is 0 Å². The van der Waals surface area contributed by atoms with Crippen molar-refractivity contribution < 1.29 is 13.3 Å². The van der Waals surface area contributed by atoms with Gasteiger partial charge in [-0.15, -0.1) is 0 Å². The van der Waals surface area contributed by atoms with Crippen molar-refractivity contribution in [1.29, 1.82) is 0 Å². The van der Waals surface area contributed by atoms with Crippen LogP contribution in [0.1, 0.15) is 277 Å². The molecule has 0 saturated heterocycles. The fourth-order valence-electron chi connectivity index (χ4n) is 8.73. The highest BCUT2D eigenvalue weighted by Crippen LogP contribution is 2.19. The van der Waals surface area contributed by atoms with Crippen molar-refractivity contribution in [2.24, 2.45) is 0 Å². The molecule has 4 heteroatoms. The monoisotopic (exact) mass is 780 g/mol. The minimum Gasteiger partial charge on any atom is -0.397 e. The number of quaternary nitrogens is 1. The molecule has 0 amide bonds. The maximum Gasteiger partial charge on any atom is 0.384 e. The zero-order valence-corrected chi connectivity index (χ0v) is 39.6. The second-order valence-electron chi connectivity index (χ2n) is 18.1. The summed E-state index contributed by atoms with van der Waals surface area (Å²) in [7, 11) is 5.14. The lowest BCUT2D eigenvalue weighted by atomic mass is 10.0. The van der Waals surface area contributed by atoms with E-state index in [1.165, 1.54) is 287 Å². The minimum atomic E-state index is -1.06. The summed E-state index contributed by atoms with van der Waals surface area (Å²) in [6.45, 7) is 8.64. The Labute approximate surface area is 345 Å². The van der Waals surface area contributed by atoms with Gasteiger partial charge in [0.1, 0.15) is 0 Å². The maximum atomic E-state index is 5.60. The predicted molar refractivity (Wildman–Crippen MR) is 246 cm³/mol. The molecule has 0 aromatic carbocycles. The van der Waals surface area contributed by atoms with Crippen LogP contribution < -0.4 is 0 Å². The van der Waals surface area contributed by atoms with Gasteiger partial charge in [0, 0.05) is 14.2 Å². The Morgan fingerprint density at radius 2 is 0.463 bits per heavy atom. The molecular weight excluding hydrogens is 675 g/mol. The van der Waals surface area contributed by atoms with Crippen molar-refractivity contribution in [3.8, 4) is 0 Å².